The van der Waals surface area contributed by atoms with Gasteiger partial charge in [0, 0.05) is 24.4 Å². The van der Waals surface area contributed by atoms with Gasteiger partial charge in [-0.1, -0.05) is 6.92 Å². The third kappa shape index (κ3) is 1.79. The summed E-state index contributed by atoms with van der Waals surface area (Å²) in [7, 11) is 0. The van der Waals surface area contributed by atoms with Crippen LogP contribution in [0.25, 0.3) is 10.2 Å². The summed E-state index contributed by atoms with van der Waals surface area (Å²) in [6.07, 6.45) is 3.48. The van der Waals surface area contributed by atoms with E-state index in [0.717, 1.165) is 25.3 Å². The minimum absolute atomic E-state index is 0.909. The molecule has 3 rings (SSSR count). The summed E-state index contributed by atoms with van der Waals surface area (Å²) < 4.78 is 0. The molecular formula is C14H19N3S. The van der Waals surface area contributed by atoms with Crippen molar-refractivity contribution in [2.24, 2.45) is 0 Å². The predicted molar refractivity (Wildman–Crippen MR) is 77.7 cm³/mol. The third-order valence-corrected chi connectivity index (χ3v) is 4.88. The van der Waals surface area contributed by atoms with Crippen LogP contribution in [0.3, 0.4) is 0 Å². The van der Waals surface area contributed by atoms with Crippen LogP contribution < -0.4 is 4.90 Å². The van der Waals surface area contributed by atoms with Gasteiger partial charge in [-0.2, -0.15) is 0 Å². The van der Waals surface area contributed by atoms with E-state index in [1.54, 1.807) is 11.3 Å². The number of aromatic nitrogens is 2. The molecule has 0 radical (unpaired) electrons. The van der Waals surface area contributed by atoms with Gasteiger partial charge in [0.15, 0.2) is 0 Å². The van der Waals surface area contributed by atoms with Crippen LogP contribution in [0.1, 0.15) is 36.0 Å². The maximum absolute atomic E-state index is 4.80. The molecule has 1 saturated heterocycles. The first-order chi connectivity index (χ1) is 8.70. The average Bonchev–Trinajstić information content (AvgIpc) is 2.98. The Kier molecular flexibility index (Phi) is 2.98. The van der Waals surface area contributed by atoms with Crippen molar-refractivity contribution in [3.8, 4) is 0 Å². The molecule has 3 nitrogen and oxygen atoms in total. The third-order valence-electron chi connectivity index (χ3n) is 3.78. The number of nitrogens with zero attached hydrogens (tertiary/aromatic N) is 3. The number of fused-ring (bicyclic) bond motifs is 1. The number of hydrogen-bond acceptors (Lipinski definition) is 4. The van der Waals surface area contributed by atoms with Crippen molar-refractivity contribution in [3.63, 3.8) is 0 Å². The fourth-order valence-electron chi connectivity index (χ4n) is 2.59. The molecule has 4 heteroatoms. The maximum Gasteiger partial charge on any atom is 0.141 e. The molecule has 96 valence electrons. The molecule has 1 aliphatic rings. The largest absolute Gasteiger partial charge is 0.356 e. The highest BCUT2D eigenvalue weighted by molar-refractivity contribution is 7.18. The van der Waals surface area contributed by atoms with Crippen molar-refractivity contribution >= 4 is 27.4 Å². The zero-order chi connectivity index (χ0) is 12.7. The van der Waals surface area contributed by atoms with Crippen LogP contribution in [-0.2, 0) is 6.42 Å². The Bertz CT molecular complexity index is 582. The normalized spacial score (nSPS) is 15.8. The van der Waals surface area contributed by atoms with Crippen molar-refractivity contribution in [2.45, 2.75) is 40.0 Å². The fraction of sp³-hybridized carbons (Fsp3) is 0.571. The summed E-state index contributed by atoms with van der Waals surface area (Å²) >= 11 is 1.80. The van der Waals surface area contributed by atoms with Crippen LogP contribution in [0, 0.1) is 13.8 Å². The average molecular weight is 261 g/mol. The molecule has 0 amide bonds. The van der Waals surface area contributed by atoms with Crippen LogP contribution in [-0.4, -0.2) is 23.1 Å². The molecule has 18 heavy (non-hydrogen) atoms. The van der Waals surface area contributed by atoms with E-state index in [0.29, 0.717) is 0 Å². The molecule has 2 aromatic rings. The SMILES string of the molecule is CCc1nc(N2CCCC2)c2c(C)c(C)sc2n1. The second-order valence-electron chi connectivity index (χ2n) is 4.97. The lowest BCUT2D eigenvalue weighted by Gasteiger charge is -2.18. The molecule has 0 aromatic carbocycles. The quantitative estimate of drug-likeness (QED) is 0.829. The van der Waals surface area contributed by atoms with Gasteiger partial charge >= 0.3 is 0 Å². The lowest BCUT2D eigenvalue weighted by Crippen LogP contribution is -2.20. The summed E-state index contributed by atoms with van der Waals surface area (Å²) in [5, 5.41) is 1.29. The van der Waals surface area contributed by atoms with Crippen LogP contribution in [0.2, 0.25) is 0 Å². The number of anilines is 1. The molecule has 0 bridgehead atoms. The highest BCUT2D eigenvalue weighted by Crippen LogP contribution is 2.36. The summed E-state index contributed by atoms with van der Waals surface area (Å²) in [5.74, 6) is 2.15. The molecular weight excluding hydrogens is 242 g/mol. The lowest BCUT2D eigenvalue weighted by atomic mass is 10.2. The summed E-state index contributed by atoms with van der Waals surface area (Å²) in [4.78, 5) is 14.5. The molecule has 0 aliphatic carbocycles. The first kappa shape index (κ1) is 11.9. The van der Waals surface area contributed by atoms with E-state index >= 15 is 0 Å². The van der Waals surface area contributed by atoms with Gasteiger partial charge in [0.25, 0.3) is 0 Å². The van der Waals surface area contributed by atoms with Crippen molar-refractivity contribution in [3.05, 3.63) is 16.3 Å². The van der Waals surface area contributed by atoms with Crippen molar-refractivity contribution in [1.29, 1.82) is 0 Å². The highest BCUT2D eigenvalue weighted by Gasteiger charge is 2.21. The van der Waals surface area contributed by atoms with E-state index in [9.17, 15) is 0 Å². The van der Waals surface area contributed by atoms with Crippen molar-refractivity contribution in [1.82, 2.24) is 9.97 Å². The van der Waals surface area contributed by atoms with Gasteiger partial charge in [0.1, 0.15) is 16.5 Å². The van der Waals surface area contributed by atoms with Gasteiger partial charge in [-0.25, -0.2) is 9.97 Å². The Morgan fingerprint density at radius 3 is 2.56 bits per heavy atom. The Balaban J connectivity index is 2.25. The molecule has 0 spiro atoms. The lowest BCUT2D eigenvalue weighted by molar-refractivity contribution is 0.897. The monoisotopic (exact) mass is 261 g/mol. The number of hydrogen-bond donors (Lipinski definition) is 0. The Labute approximate surface area is 112 Å². The smallest absolute Gasteiger partial charge is 0.141 e. The summed E-state index contributed by atoms with van der Waals surface area (Å²) in [6, 6.07) is 0. The van der Waals surface area contributed by atoms with E-state index in [2.05, 4.69) is 30.7 Å². The van der Waals surface area contributed by atoms with Gasteiger partial charge in [-0.15, -0.1) is 11.3 Å². The van der Waals surface area contributed by atoms with Gasteiger partial charge in [-0.05, 0) is 32.3 Å². The van der Waals surface area contributed by atoms with E-state index in [-0.39, 0.29) is 0 Å². The molecule has 0 atom stereocenters. The highest BCUT2D eigenvalue weighted by atomic mass is 32.1. The van der Waals surface area contributed by atoms with Crippen molar-refractivity contribution < 1.29 is 0 Å². The van der Waals surface area contributed by atoms with Gasteiger partial charge in [0.2, 0.25) is 0 Å². The van der Waals surface area contributed by atoms with E-state index in [1.165, 1.54) is 39.3 Å². The Morgan fingerprint density at radius 2 is 1.89 bits per heavy atom. The van der Waals surface area contributed by atoms with E-state index in [1.807, 2.05) is 0 Å². The van der Waals surface area contributed by atoms with E-state index in [4.69, 9.17) is 4.98 Å². The number of aryl methyl sites for hydroxylation is 3. The van der Waals surface area contributed by atoms with Crippen LogP contribution >= 0.6 is 11.3 Å². The molecule has 3 heterocycles. The molecule has 1 fully saturated rings. The first-order valence-electron chi connectivity index (χ1n) is 6.72. The van der Waals surface area contributed by atoms with Crippen LogP contribution in [0.5, 0.6) is 0 Å². The fourth-order valence-corrected chi connectivity index (χ4v) is 3.63. The molecule has 1 aliphatic heterocycles. The standard InChI is InChI=1S/C14H19N3S/c1-4-11-15-13(17-7-5-6-8-17)12-9(2)10(3)18-14(12)16-11/h4-8H2,1-3H3. The first-order valence-corrected chi connectivity index (χ1v) is 7.54. The number of rotatable bonds is 2. The van der Waals surface area contributed by atoms with Crippen molar-refractivity contribution in [2.75, 3.05) is 18.0 Å². The molecule has 2 aromatic heterocycles. The van der Waals surface area contributed by atoms with Crippen LogP contribution in [0.4, 0.5) is 5.82 Å². The second kappa shape index (κ2) is 4.50. The number of thiophene rings is 1. The predicted octanol–water partition coefficient (Wildman–Crippen LogP) is 3.47. The van der Waals surface area contributed by atoms with Gasteiger partial charge < -0.3 is 4.90 Å². The molecule has 0 saturated carbocycles. The van der Waals surface area contributed by atoms with Gasteiger partial charge in [-0.3, -0.25) is 0 Å². The maximum atomic E-state index is 4.80. The minimum Gasteiger partial charge on any atom is -0.356 e. The Hall–Kier alpha value is -1.16. The van der Waals surface area contributed by atoms with E-state index < -0.39 is 0 Å². The molecule has 0 unspecified atom stereocenters. The van der Waals surface area contributed by atoms with Crippen LogP contribution in [0.15, 0.2) is 0 Å². The minimum atomic E-state index is 0.909. The zero-order valence-corrected chi connectivity index (χ0v) is 12.1. The summed E-state index contributed by atoms with van der Waals surface area (Å²) in [5.41, 5.74) is 1.36. The Morgan fingerprint density at radius 1 is 1.17 bits per heavy atom. The topological polar surface area (TPSA) is 29.0 Å². The van der Waals surface area contributed by atoms with Gasteiger partial charge in [0.05, 0.1) is 5.39 Å². The zero-order valence-electron chi connectivity index (χ0n) is 11.3. The second-order valence-corrected chi connectivity index (χ2v) is 6.18. The summed E-state index contributed by atoms with van der Waals surface area (Å²) in [6.45, 7) is 8.79. The molecule has 0 N–H and O–H groups in total.